The van der Waals surface area contributed by atoms with Crippen molar-refractivity contribution in [1.82, 2.24) is 4.90 Å². The van der Waals surface area contributed by atoms with Crippen LogP contribution in [0.15, 0.2) is 12.2 Å². The first-order chi connectivity index (χ1) is 4.13. The molecule has 9 heavy (non-hydrogen) atoms. The van der Waals surface area contributed by atoms with Crippen molar-refractivity contribution in [2.45, 2.75) is 0 Å². The van der Waals surface area contributed by atoms with E-state index in [-0.39, 0.29) is 0 Å². The maximum Gasteiger partial charge on any atom is 0.0640 e. The van der Waals surface area contributed by atoms with Crippen LogP contribution in [0.5, 0.6) is 0 Å². The molecular formula is C6H10NO2-. The topological polar surface area (TPSA) is 43.4 Å². The summed E-state index contributed by atoms with van der Waals surface area (Å²) in [5, 5.41) is 9.76. The highest BCUT2D eigenvalue weighted by Gasteiger charge is 1.80. The first kappa shape index (κ1) is 8.17. The summed E-state index contributed by atoms with van der Waals surface area (Å²) in [6.45, 7) is 0.633. The lowest BCUT2D eigenvalue weighted by Gasteiger charge is -2.03. The van der Waals surface area contributed by atoms with E-state index in [1.165, 1.54) is 6.08 Å². The second-order valence-electron chi connectivity index (χ2n) is 1.98. The van der Waals surface area contributed by atoms with E-state index in [2.05, 4.69) is 0 Å². The van der Waals surface area contributed by atoms with Gasteiger partial charge in [-0.05, 0) is 20.2 Å². The number of likely N-dealkylation sites (N-methyl/N-ethyl adjacent to an activating group) is 1. The van der Waals surface area contributed by atoms with E-state index in [1.54, 1.807) is 0 Å². The molecule has 0 spiro atoms. The Morgan fingerprint density at radius 2 is 2.22 bits per heavy atom. The number of carboxylic acids is 1. The van der Waals surface area contributed by atoms with Crippen molar-refractivity contribution in [2.24, 2.45) is 0 Å². The molecule has 0 fully saturated rings. The van der Waals surface area contributed by atoms with Gasteiger partial charge in [-0.15, -0.1) is 0 Å². The van der Waals surface area contributed by atoms with E-state index < -0.39 is 5.97 Å². The summed E-state index contributed by atoms with van der Waals surface area (Å²) in [5.41, 5.74) is 0. The minimum absolute atomic E-state index is 0.633. The molecule has 0 aliphatic carbocycles. The second-order valence-corrected chi connectivity index (χ2v) is 1.98. The molecule has 0 saturated heterocycles. The van der Waals surface area contributed by atoms with Crippen LogP contribution in [0.3, 0.4) is 0 Å². The highest BCUT2D eigenvalue weighted by atomic mass is 16.4. The molecule has 3 heteroatoms. The van der Waals surface area contributed by atoms with E-state index in [1.807, 2.05) is 19.0 Å². The lowest BCUT2D eigenvalue weighted by molar-refractivity contribution is -0.297. The summed E-state index contributed by atoms with van der Waals surface area (Å²) < 4.78 is 0. The Balaban J connectivity index is 3.36. The fourth-order valence-electron chi connectivity index (χ4n) is 0.360. The minimum Gasteiger partial charge on any atom is -0.545 e. The van der Waals surface area contributed by atoms with Gasteiger partial charge in [0.15, 0.2) is 0 Å². The number of hydrogen-bond acceptors (Lipinski definition) is 3. The summed E-state index contributed by atoms with van der Waals surface area (Å²) in [6.07, 6.45) is 2.56. The maximum atomic E-state index is 9.76. The van der Waals surface area contributed by atoms with Gasteiger partial charge in [-0.3, -0.25) is 0 Å². The van der Waals surface area contributed by atoms with Crippen LogP contribution in [0.1, 0.15) is 0 Å². The van der Waals surface area contributed by atoms with Gasteiger partial charge in [-0.1, -0.05) is 6.08 Å². The SMILES string of the molecule is CN(C)C/C=C/C(=O)[O-]. The van der Waals surface area contributed by atoms with Crippen LogP contribution < -0.4 is 5.11 Å². The van der Waals surface area contributed by atoms with Crippen molar-refractivity contribution in [3.05, 3.63) is 12.2 Å². The van der Waals surface area contributed by atoms with Gasteiger partial charge in [0.2, 0.25) is 0 Å². The van der Waals surface area contributed by atoms with Gasteiger partial charge in [0.05, 0.1) is 5.97 Å². The first-order valence-electron chi connectivity index (χ1n) is 2.65. The summed E-state index contributed by atoms with van der Waals surface area (Å²) in [4.78, 5) is 11.6. The summed E-state index contributed by atoms with van der Waals surface area (Å²) >= 11 is 0. The first-order valence-corrected chi connectivity index (χ1v) is 2.65. The fraction of sp³-hybridized carbons (Fsp3) is 0.500. The van der Waals surface area contributed by atoms with E-state index in [9.17, 15) is 9.90 Å². The van der Waals surface area contributed by atoms with Crippen molar-refractivity contribution >= 4 is 5.97 Å². The number of carboxylic acid groups (broad SMARTS) is 1. The molecule has 0 radical (unpaired) electrons. The number of aliphatic carboxylic acids is 1. The number of nitrogens with zero attached hydrogens (tertiary/aromatic N) is 1. The summed E-state index contributed by atoms with van der Waals surface area (Å²) in [6, 6.07) is 0. The zero-order chi connectivity index (χ0) is 7.28. The molecule has 52 valence electrons. The Morgan fingerprint density at radius 1 is 1.67 bits per heavy atom. The number of carbonyl (C=O) groups is 1. The summed E-state index contributed by atoms with van der Waals surface area (Å²) in [7, 11) is 3.72. The molecule has 0 aromatic heterocycles. The Labute approximate surface area is 54.6 Å². The van der Waals surface area contributed by atoms with Crippen molar-refractivity contribution in [1.29, 1.82) is 0 Å². The molecule has 0 aliphatic heterocycles. The predicted octanol–water partition coefficient (Wildman–Crippen LogP) is -1.15. The average Bonchev–Trinajstić information content (AvgIpc) is 1.63. The Bertz CT molecular complexity index is 118. The summed E-state index contributed by atoms with van der Waals surface area (Å²) in [5.74, 6) is -1.14. The molecule has 0 rings (SSSR count). The molecule has 3 nitrogen and oxygen atoms in total. The van der Waals surface area contributed by atoms with Gasteiger partial charge in [0.25, 0.3) is 0 Å². The number of rotatable bonds is 3. The molecule has 0 unspecified atom stereocenters. The third kappa shape index (κ3) is 7.17. The molecule has 0 aromatic carbocycles. The maximum absolute atomic E-state index is 9.76. The van der Waals surface area contributed by atoms with E-state index in [0.717, 1.165) is 6.08 Å². The van der Waals surface area contributed by atoms with Gasteiger partial charge in [-0.25, -0.2) is 0 Å². The van der Waals surface area contributed by atoms with Crippen LogP contribution in [0, 0.1) is 0 Å². The van der Waals surface area contributed by atoms with E-state index >= 15 is 0 Å². The van der Waals surface area contributed by atoms with Gasteiger partial charge in [0.1, 0.15) is 0 Å². The second kappa shape index (κ2) is 4.09. The van der Waals surface area contributed by atoms with E-state index in [4.69, 9.17) is 0 Å². The monoisotopic (exact) mass is 128 g/mol. The Hall–Kier alpha value is -0.830. The zero-order valence-corrected chi connectivity index (χ0v) is 5.63. The molecule has 0 amide bonds. The molecule has 0 heterocycles. The van der Waals surface area contributed by atoms with Crippen LogP contribution in [-0.4, -0.2) is 31.5 Å². The standard InChI is InChI=1S/C6H11NO2/c1-7(2)5-3-4-6(8)9/h3-4H,5H2,1-2H3,(H,8,9)/p-1/b4-3+. The smallest absolute Gasteiger partial charge is 0.0640 e. The van der Waals surface area contributed by atoms with Crippen molar-refractivity contribution in [3.8, 4) is 0 Å². The minimum atomic E-state index is -1.14. The molecule has 0 bridgehead atoms. The normalized spacial score (nSPS) is 11.0. The van der Waals surface area contributed by atoms with Crippen LogP contribution in [-0.2, 0) is 4.79 Å². The Kier molecular flexibility index (Phi) is 3.71. The fourth-order valence-corrected chi connectivity index (χ4v) is 0.360. The van der Waals surface area contributed by atoms with Crippen LogP contribution in [0.4, 0.5) is 0 Å². The van der Waals surface area contributed by atoms with Crippen LogP contribution >= 0.6 is 0 Å². The quantitative estimate of drug-likeness (QED) is 0.451. The third-order valence-corrected chi connectivity index (χ3v) is 0.724. The third-order valence-electron chi connectivity index (χ3n) is 0.724. The van der Waals surface area contributed by atoms with Crippen molar-refractivity contribution in [3.63, 3.8) is 0 Å². The lowest BCUT2D eigenvalue weighted by Crippen LogP contribution is -2.19. The molecule has 0 N–H and O–H groups in total. The van der Waals surface area contributed by atoms with Gasteiger partial charge >= 0.3 is 0 Å². The predicted molar refractivity (Wildman–Crippen MR) is 32.7 cm³/mol. The van der Waals surface area contributed by atoms with Crippen LogP contribution in [0.2, 0.25) is 0 Å². The van der Waals surface area contributed by atoms with Gasteiger partial charge in [-0.2, -0.15) is 0 Å². The van der Waals surface area contributed by atoms with Gasteiger partial charge in [0, 0.05) is 6.54 Å². The number of hydrogen-bond donors (Lipinski definition) is 0. The van der Waals surface area contributed by atoms with Crippen LogP contribution in [0.25, 0.3) is 0 Å². The largest absolute Gasteiger partial charge is 0.545 e. The van der Waals surface area contributed by atoms with Crippen molar-refractivity contribution in [2.75, 3.05) is 20.6 Å². The molecule has 0 saturated carbocycles. The average molecular weight is 128 g/mol. The highest BCUT2D eigenvalue weighted by Crippen LogP contribution is 1.75. The molecule has 0 atom stereocenters. The van der Waals surface area contributed by atoms with Gasteiger partial charge < -0.3 is 14.8 Å². The number of carbonyl (C=O) groups excluding carboxylic acids is 1. The highest BCUT2D eigenvalue weighted by molar-refractivity contribution is 5.77. The zero-order valence-electron chi connectivity index (χ0n) is 5.63. The Morgan fingerprint density at radius 3 is 2.56 bits per heavy atom. The molecule has 0 aromatic rings. The molecular weight excluding hydrogens is 118 g/mol. The van der Waals surface area contributed by atoms with E-state index in [0.29, 0.717) is 6.54 Å². The lowest BCUT2D eigenvalue weighted by atomic mass is 10.5. The molecule has 0 aliphatic rings. The van der Waals surface area contributed by atoms with Crippen molar-refractivity contribution < 1.29 is 9.90 Å².